The largest absolute Gasteiger partial charge is 0.371 e. The number of carbonyl (C=O) groups is 1. The van der Waals surface area contributed by atoms with Crippen LogP contribution in [-0.2, 0) is 9.53 Å². The monoisotopic (exact) mass is 276 g/mol. The molecule has 3 atom stereocenters. The number of carbonyl (C=O) groups excluding carboxylic acids is 1. The number of nitrogens with one attached hydrogen (secondary N) is 1. The third kappa shape index (κ3) is 4.05. The van der Waals surface area contributed by atoms with Crippen molar-refractivity contribution in [1.82, 2.24) is 5.32 Å². The second kappa shape index (κ2) is 6.86. The number of amides is 1. The summed E-state index contributed by atoms with van der Waals surface area (Å²) in [7, 11) is 0. The lowest BCUT2D eigenvalue weighted by Gasteiger charge is -2.33. The number of nitrogens with two attached hydrogens (primary N) is 1. The summed E-state index contributed by atoms with van der Waals surface area (Å²) in [6.45, 7) is 4.65. The molecule has 1 aromatic carbocycles. The first-order chi connectivity index (χ1) is 9.56. The van der Waals surface area contributed by atoms with E-state index in [1.807, 2.05) is 6.92 Å². The van der Waals surface area contributed by atoms with Gasteiger partial charge in [-0.25, -0.2) is 0 Å². The van der Waals surface area contributed by atoms with E-state index < -0.39 is 0 Å². The number of hydrogen-bond donors (Lipinski definition) is 2. The van der Waals surface area contributed by atoms with Crippen LogP contribution in [0.1, 0.15) is 43.4 Å². The predicted octanol–water partition coefficient (Wildman–Crippen LogP) is 2.07. The Labute approximate surface area is 120 Å². The van der Waals surface area contributed by atoms with Crippen molar-refractivity contribution in [2.75, 3.05) is 6.61 Å². The van der Waals surface area contributed by atoms with Crippen LogP contribution in [0.3, 0.4) is 0 Å². The lowest BCUT2D eigenvalue weighted by molar-refractivity contribution is -0.124. The molecule has 4 heteroatoms. The van der Waals surface area contributed by atoms with E-state index in [0.29, 0.717) is 6.42 Å². The summed E-state index contributed by atoms with van der Waals surface area (Å²) >= 11 is 0. The van der Waals surface area contributed by atoms with Crippen LogP contribution >= 0.6 is 0 Å². The van der Waals surface area contributed by atoms with Crippen LogP contribution in [0.5, 0.6) is 0 Å². The Bertz CT molecular complexity index is 442. The van der Waals surface area contributed by atoms with Crippen molar-refractivity contribution in [3.05, 3.63) is 35.4 Å². The van der Waals surface area contributed by atoms with E-state index in [9.17, 15) is 4.79 Å². The fourth-order valence-corrected chi connectivity index (χ4v) is 2.57. The highest BCUT2D eigenvalue weighted by atomic mass is 16.5. The van der Waals surface area contributed by atoms with E-state index in [1.165, 1.54) is 5.56 Å². The van der Waals surface area contributed by atoms with Crippen LogP contribution in [0.4, 0.5) is 0 Å². The second-order valence-corrected chi connectivity index (χ2v) is 5.70. The zero-order valence-electron chi connectivity index (χ0n) is 12.3. The van der Waals surface area contributed by atoms with Gasteiger partial charge in [0.2, 0.25) is 5.91 Å². The predicted molar refractivity (Wildman–Crippen MR) is 79.3 cm³/mol. The molecule has 2 rings (SSSR count). The van der Waals surface area contributed by atoms with Crippen molar-refractivity contribution in [3.8, 4) is 0 Å². The van der Waals surface area contributed by atoms with E-state index in [0.717, 1.165) is 25.0 Å². The SMILES string of the molecule is Cc1ccc(C2OCCCC2NC(=O)CC(C)N)cc1. The highest BCUT2D eigenvalue weighted by Gasteiger charge is 2.28. The molecule has 1 aromatic rings. The lowest BCUT2D eigenvalue weighted by Crippen LogP contribution is -2.44. The number of benzene rings is 1. The minimum Gasteiger partial charge on any atom is -0.371 e. The van der Waals surface area contributed by atoms with Gasteiger partial charge in [-0.05, 0) is 32.3 Å². The maximum absolute atomic E-state index is 11.9. The van der Waals surface area contributed by atoms with Crippen molar-refractivity contribution in [2.45, 2.75) is 51.3 Å². The molecule has 0 aromatic heterocycles. The van der Waals surface area contributed by atoms with Crippen molar-refractivity contribution >= 4 is 5.91 Å². The van der Waals surface area contributed by atoms with E-state index in [1.54, 1.807) is 0 Å². The molecule has 0 spiro atoms. The minimum atomic E-state index is -0.114. The molecule has 110 valence electrons. The Kier molecular flexibility index (Phi) is 5.15. The normalized spacial score (nSPS) is 24.1. The molecule has 0 bridgehead atoms. The molecule has 3 N–H and O–H groups in total. The number of ether oxygens (including phenoxy) is 1. The van der Waals surface area contributed by atoms with Gasteiger partial charge in [0.25, 0.3) is 0 Å². The van der Waals surface area contributed by atoms with Gasteiger partial charge in [-0.2, -0.15) is 0 Å². The molecule has 3 unspecified atom stereocenters. The van der Waals surface area contributed by atoms with Gasteiger partial charge in [0.05, 0.1) is 6.04 Å². The Morgan fingerprint density at radius 3 is 2.80 bits per heavy atom. The van der Waals surface area contributed by atoms with Crippen LogP contribution in [0.2, 0.25) is 0 Å². The zero-order chi connectivity index (χ0) is 14.5. The Hall–Kier alpha value is -1.39. The third-order valence-corrected chi connectivity index (χ3v) is 3.58. The summed E-state index contributed by atoms with van der Waals surface area (Å²) in [6.07, 6.45) is 2.23. The van der Waals surface area contributed by atoms with Crippen molar-refractivity contribution in [1.29, 1.82) is 0 Å². The summed E-state index contributed by atoms with van der Waals surface area (Å²) in [4.78, 5) is 11.9. The third-order valence-electron chi connectivity index (χ3n) is 3.58. The van der Waals surface area contributed by atoms with E-state index >= 15 is 0 Å². The molecule has 0 aliphatic carbocycles. The smallest absolute Gasteiger partial charge is 0.221 e. The molecule has 1 amide bonds. The molecule has 0 saturated carbocycles. The van der Waals surface area contributed by atoms with Crippen LogP contribution in [0.25, 0.3) is 0 Å². The number of aryl methyl sites for hydroxylation is 1. The summed E-state index contributed by atoms with van der Waals surface area (Å²) in [5.41, 5.74) is 8.02. The first kappa shape index (κ1) is 15.0. The second-order valence-electron chi connectivity index (χ2n) is 5.70. The molecule has 20 heavy (non-hydrogen) atoms. The van der Waals surface area contributed by atoms with Gasteiger partial charge in [-0.1, -0.05) is 29.8 Å². The molecule has 1 heterocycles. The highest BCUT2D eigenvalue weighted by molar-refractivity contribution is 5.76. The molecule has 1 aliphatic heterocycles. The first-order valence-electron chi connectivity index (χ1n) is 7.29. The van der Waals surface area contributed by atoms with Gasteiger partial charge in [0.1, 0.15) is 6.10 Å². The maximum Gasteiger partial charge on any atom is 0.221 e. The van der Waals surface area contributed by atoms with Crippen LogP contribution in [0, 0.1) is 6.92 Å². The van der Waals surface area contributed by atoms with Gasteiger partial charge < -0.3 is 15.8 Å². The van der Waals surface area contributed by atoms with Gasteiger partial charge >= 0.3 is 0 Å². The summed E-state index contributed by atoms with van der Waals surface area (Å²) in [5.74, 6) is 0.00705. The Balaban J connectivity index is 2.05. The van der Waals surface area contributed by atoms with E-state index in [4.69, 9.17) is 10.5 Å². The summed E-state index contributed by atoms with van der Waals surface area (Å²) in [5, 5.41) is 3.07. The van der Waals surface area contributed by atoms with Crippen LogP contribution in [0.15, 0.2) is 24.3 Å². The summed E-state index contributed by atoms with van der Waals surface area (Å²) in [6, 6.07) is 8.24. The summed E-state index contributed by atoms with van der Waals surface area (Å²) < 4.78 is 5.88. The quantitative estimate of drug-likeness (QED) is 0.885. The average Bonchev–Trinajstić information content (AvgIpc) is 2.39. The van der Waals surface area contributed by atoms with Gasteiger partial charge in [0, 0.05) is 19.1 Å². The molecule has 1 fully saturated rings. The standard InChI is InChI=1S/C16H24N2O2/c1-11-5-7-13(8-6-11)16-14(4-3-9-20-16)18-15(19)10-12(2)17/h5-8,12,14,16H,3-4,9-10,17H2,1-2H3,(H,18,19). The fourth-order valence-electron chi connectivity index (χ4n) is 2.57. The number of rotatable bonds is 4. The topological polar surface area (TPSA) is 64.3 Å². The van der Waals surface area contributed by atoms with Gasteiger partial charge in [-0.3, -0.25) is 4.79 Å². The Morgan fingerprint density at radius 1 is 1.45 bits per heavy atom. The fraction of sp³-hybridized carbons (Fsp3) is 0.562. The van der Waals surface area contributed by atoms with Crippen molar-refractivity contribution < 1.29 is 9.53 Å². The molecule has 1 aliphatic rings. The zero-order valence-corrected chi connectivity index (χ0v) is 12.3. The molecule has 1 saturated heterocycles. The maximum atomic E-state index is 11.9. The lowest BCUT2D eigenvalue weighted by atomic mass is 9.95. The molecular weight excluding hydrogens is 252 g/mol. The highest BCUT2D eigenvalue weighted by Crippen LogP contribution is 2.28. The van der Waals surface area contributed by atoms with Gasteiger partial charge in [-0.15, -0.1) is 0 Å². The van der Waals surface area contributed by atoms with E-state index in [2.05, 4.69) is 36.5 Å². The minimum absolute atomic E-state index is 0.00705. The first-order valence-corrected chi connectivity index (χ1v) is 7.29. The van der Waals surface area contributed by atoms with Crippen LogP contribution in [-0.4, -0.2) is 24.6 Å². The van der Waals surface area contributed by atoms with Crippen LogP contribution < -0.4 is 11.1 Å². The van der Waals surface area contributed by atoms with Crippen molar-refractivity contribution in [3.63, 3.8) is 0 Å². The van der Waals surface area contributed by atoms with E-state index in [-0.39, 0.29) is 24.1 Å². The number of hydrogen-bond acceptors (Lipinski definition) is 3. The van der Waals surface area contributed by atoms with Gasteiger partial charge in [0.15, 0.2) is 0 Å². The molecule has 0 radical (unpaired) electrons. The molecule has 4 nitrogen and oxygen atoms in total. The average molecular weight is 276 g/mol. The Morgan fingerprint density at radius 2 is 2.15 bits per heavy atom. The van der Waals surface area contributed by atoms with Crippen molar-refractivity contribution in [2.24, 2.45) is 5.73 Å². The molecular formula is C16H24N2O2.